The maximum atomic E-state index is 12.1. The third-order valence-corrected chi connectivity index (χ3v) is 7.33. The fourth-order valence-corrected chi connectivity index (χ4v) is 4.59. The molecule has 0 spiro atoms. The molecule has 44 heavy (non-hydrogen) atoms. The van der Waals surface area contributed by atoms with E-state index in [9.17, 15) is 14.7 Å². The molecule has 0 aromatic rings. The summed E-state index contributed by atoms with van der Waals surface area (Å²) in [7, 11) is 0. The van der Waals surface area contributed by atoms with Crippen LogP contribution in [0, 0.1) is 0 Å². The van der Waals surface area contributed by atoms with Crippen molar-refractivity contribution in [1.29, 1.82) is 0 Å². The number of rotatable bonds is 31. The molecule has 0 aliphatic rings. The Hall–Kier alpha value is -2.40. The number of aliphatic hydroxyl groups excluding tert-OH is 1. The van der Waals surface area contributed by atoms with Crippen LogP contribution in [-0.2, 0) is 19.1 Å². The van der Waals surface area contributed by atoms with Crippen molar-refractivity contribution in [3.63, 3.8) is 0 Å². The number of carbonyl (C=O) groups is 2. The summed E-state index contributed by atoms with van der Waals surface area (Å²) in [6, 6.07) is 0. The molecule has 0 aliphatic carbocycles. The minimum atomic E-state index is -0.809. The standard InChI is InChI=1S/C39H66O5/c1-3-5-7-9-11-13-15-16-17-18-19-20-21-22-24-26-28-30-32-34-39(42)44-37(35-40)36-43-38(41)33-31-29-27-25-23-14-12-10-8-6-4-2/h11,13,16-17,19-20,22,24,28,30,37,40H,3-10,12,14-15,18,21,23,25-27,29,31-36H2,1-2H3/t37-/m0/s1. The van der Waals surface area contributed by atoms with Gasteiger partial charge in [-0.05, 0) is 51.4 Å². The summed E-state index contributed by atoms with van der Waals surface area (Å²) in [6.45, 7) is 4.02. The van der Waals surface area contributed by atoms with Crippen LogP contribution in [-0.4, -0.2) is 36.4 Å². The molecule has 1 atom stereocenters. The summed E-state index contributed by atoms with van der Waals surface area (Å²) in [5.41, 5.74) is 0. The largest absolute Gasteiger partial charge is 0.462 e. The molecule has 0 radical (unpaired) electrons. The van der Waals surface area contributed by atoms with Gasteiger partial charge in [-0.2, -0.15) is 0 Å². The van der Waals surface area contributed by atoms with E-state index in [2.05, 4.69) is 62.5 Å². The lowest BCUT2D eigenvalue weighted by Gasteiger charge is -2.15. The van der Waals surface area contributed by atoms with E-state index in [4.69, 9.17) is 9.47 Å². The van der Waals surface area contributed by atoms with Crippen molar-refractivity contribution in [3.05, 3.63) is 60.8 Å². The topological polar surface area (TPSA) is 72.8 Å². The van der Waals surface area contributed by atoms with Crippen molar-refractivity contribution < 1.29 is 24.2 Å². The summed E-state index contributed by atoms with van der Waals surface area (Å²) < 4.78 is 10.5. The minimum absolute atomic E-state index is 0.0962. The van der Waals surface area contributed by atoms with Gasteiger partial charge in [-0.1, -0.05) is 152 Å². The van der Waals surface area contributed by atoms with E-state index < -0.39 is 12.1 Å². The Morgan fingerprint density at radius 1 is 0.523 bits per heavy atom. The lowest BCUT2D eigenvalue weighted by atomic mass is 10.1. The molecule has 1 N–H and O–H groups in total. The Morgan fingerprint density at radius 2 is 0.955 bits per heavy atom. The van der Waals surface area contributed by atoms with E-state index in [1.807, 2.05) is 12.2 Å². The smallest absolute Gasteiger partial charge is 0.306 e. The monoisotopic (exact) mass is 614 g/mol. The first-order chi connectivity index (χ1) is 21.6. The van der Waals surface area contributed by atoms with Crippen LogP contribution in [0.5, 0.6) is 0 Å². The fraction of sp³-hybridized carbons (Fsp3) is 0.692. The van der Waals surface area contributed by atoms with E-state index in [1.54, 1.807) is 0 Å². The van der Waals surface area contributed by atoms with Gasteiger partial charge in [0.05, 0.1) is 6.61 Å². The fourth-order valence-electron chi connectivity index (χ4n) is 4.59. The number of allylic oxidation sites excluding steroid dienone is 10. The molecule has 0 saturated carbocycles. The molecule has 0 aromatic heterocycles. The van der Waals surface area contributed by atoms with Gasteiger partial charge in [0.2, 0.25) is 0 Å². The molecular weight excluding hydrogens is 548 g/mol. The van der Waals surface area contributed by atoms with Gasteiger partial charge in [-0.25, -0.2) is 0 Å². The van der Waals surface area contributed by atoms with E-state index >= 15 is 0 Å². The van der Waals surface area contributed by atoms with Crippen LogP contribution in [0.15, 0.2) is 60.8 Å². The number of esters is 2. The molecular formula is C39H66O5. The maximum Gasteiger partial charge on any atom is 0.306 e. The van der Waals surface area contributed by atoms with Gasteiger partial charge in [0, 0.05) is 12.8 Å². The molecule has 0 amide bonds. The Balaban J connectivity index is 3.74. The molecule has 5 heteroatoms. The third-order valence-electron chi connectivity index (χ3n) is 7.33. The Labute approximate surface area is 271 Å². The van der Waals surface area contributed by atoms with Crippen LogP contribution in [0.25, 0.3) is 0 Å². The van der Waals surface area contributed by atoms with Gasteiger partial charge in [0.25, 0.3) is 0 Å². The van der Waals surface area contributed by atoms with Crippen LogP contribution < -0.4 is 0 Å². The van der Waals surface area contributed by atoms with E-state index in [0.29, 0.717) is 12.8 Å². The van der Waals surface area contributed by atoms with Gasteiger partial charge in [-0.3, -0.25) is 9.59 Å². The molecule has 0 unspecified atom stereocenters. The van der Waals surface area contributed by atoms with E-state index in [0.717, 1.165) is 44.9 Å². The van der Waals surface area contributed by atoms with E-state index in [1.165, 1.54) is 77.0 Å². The maximum absolute atomic E-state index is 12.1. The summed E-state index contributed by atoms with van der Waals surface area (Å²) >= 11 is 0. The third kappa shape index (κ3) is 32.5. The summed E-state index contributed by atoms with van der Waals surface area (Å²) in [6.07, 6.45) is 44.3. The van der Waals surface area contributed by atoms with Crippen LogP contribution in [0.3, 0.4) is 0 Å². The summed E-state index contributed by atoms with van der Waals surface area (Å²) in [4.78, 5) is 24.1. The number of unbranched alkanes of at least 4 members (excludes halogenated alkanes) is 13. The first-order valence-electron chi connectivity index (χ1n) is 17.8. The predicted octanol–water partition coefficient (Wildman–Crippen LogP) is 10.8. The molecule has 0 aliphatic heterocycles. The van der Waals surface area contributed by atoms with Crippen molar-refractivity contribution >= 4 is 11.9 Å². The molecule has 0 rings (SSSR count). The summed E-state index contributed by atoms with van der Waals surface area (Å²) in [5.74, 6) is -0.692. The average Bonchev–Trinajstić information content (AvgIpc) is 3.02. The minimum Gasteiger partial charge on any atom is -0.462 e. The molecule has 0 fully saturated rings. The molecule has 5 nitrogen and oxygen atoms in total. The highest BCUT2D eigenvalue weighted by molar-refractivity contribution is 5.70. The van der Waals surface area contributed by atoms with Crippen molar-refractivity contribution in [3.8, 4) is 0 Å². The van der Waals surface area contributed by atoms with Crippen molar-refractivity contribution in [2.45, 2.75) is 161 Å². The van der Waals surface area contributed by atoms with Gasteiger partial charge in [0.1, 0.15) is 6.61 Å². The molecule has 0 aromatic carbocycles. The Kier molecular flexibility index (Phi) is 33.2. The Bertz CT molecular complexity index is 792. The average molecular weight is 615 g/mol. The first kappa shape index (κ1) is 41.6. The number of hydrogen-bond donors (Lipinski definition) is 1. The normalized spacial score (nSPS) is 12.9. The van der Waals surface area contributed by atoms with Crippen LogP contribution >= 0.6 is 0 Å². The highest BCUT2D eigenvalue weighted by Gasteiger charge is 2.15. The Morgan fingerprint density at radius 3 is 1.45 bits per heavy atom. The SMILES string of the molecule is CCCCCC=CCC=CCC=CCC=CCC=CCCC(=O)O[C@@H](CO)COC(=O)CCCCCCCCCCCCC. The highest BCUT2D eigenvalue weighted by Crippen LogP contribution is 2.12. The van der Waals surface area contributed by atoms with Gasteiger partial charge < -0.3 is 14.6 Å². The zero-order valence-electron chi connectivity index (χ0n) is 28.4. The quantitative estimate of drug-likeness (QED) is 0.0478. The second-order valence-electron chi connectivity index (χ2n) is 11.6. The lowest BCUT2D eigenvalue weighted by molar-refractivity contribution is -0.161. The molecule has 0 saturated heterocycles. The van der Waals surface area contributed by atoms with Gasteiger partial charge in [-0.15, -0.1) is 0 Å². The number of hydrogen-bond acceptors (Lipinski definition) is 5. The van der Waals surface area contributed by atoms with Crippen LogP contribution in [0.4, 0.5) is 0 Å². The van der Waals surface area contributed by atoms with E-state index in [-0.39, 0.29) is 25.6 Å². The zero-order valence-corrected chi connectivity index (χ0v) is 28.4. The molecule has 252 valence electrons. The molecule has 0 heterocycles. The van der Waals surface area contributed by atoms with Gasteiger partial charge >= 0.3 is 11.9 Å². The number of carbonyl (C=O) groups excluding carboxylic acids is 2. The highest BCUT2D eigenvalue weighted by atomic mass is 16.6. The van der Waals surface area contributed by atoms with Crippen molar-refractivity contribution in [1.82, 2.24) is 0 Å². The van der Waals surface area contributed by atoms with Gasteiger partial charge in [0.15, 0.2) is 6.10 Å². The number of aliphatic hydroxyl groups is 1. The van der Waals surface area contributed by atoms with Crippen LogP contribution in [0.1, 0.15) is 155 Å². The number of ether oxygens (including phenoxy) is 2. The lowest BCUT2D eigenvalue weighted by Crippen LogP contribution is -2.28. The predicted molar refractivity (Wildman–Crippen MR) is 187 cm³/mol. The summed E-state index contributed by atoms with van der Waals surface area (Å²) in [5, 5.41) is 9.50. The second kappa shape index (κ2) is 35.1. The first-order valence-corrected chi connectivity index (χ1v) is 17.8. The van der Waals surface area contributed by atoms with Crippen LogP contribution in [0.2, 0.25) is 0 Å². The van der Waals surface area contributed by atoms with Crippen molar-refractivity contribution in [2.75, 3.05) is 13.2 Å². The van der Waals surface area contributed by atoms with Crippen molar-refractivity contribution in [2.24, 2.45) is 0 Å². The zero-order chi connectivity index (χ0) is 32.2. The molecule has 0 bridgehead atoms. The second-order valence-corrected chi connectivity index (χ2v) is 11.6.